The summed E-state index contributed by atoms with van der Waals surface area (Å²) in [7, 11) is 0. The van der Waals surface area contributed by atoms with Crippen molar-refractivity contribution in [3.8, 4) is 5.88 Å². The number of halogens is 1. The fourth-order valence-electron chi connectivity index (χ4n) is 1.66. The molecule has 2 nitrogen and oxygen atoms in total. The maximum atomic E-state index is 5.80. The second-order valence-electron chi connectivity index (χ2n) is 4.29. The molecule has 0 aromatic carbocycles. The van der Waals surface area contributed by atoms with E-state index < -0.39 is 0 Å². The highest BCUT2D eigenvalue weighted by Crippen LogP contribution is 2.15. The van der Waals surface area contributed by atoms with Gasteiger partial charge < -0.3 is 4.74 Å². The molecule has 0 aliphatic carbocycles. The van der Waals surface area contributed by atoms with Crippen LogP contribution in [0.1, 0.15) is 37.9 Å². The van der Waals surface area contributed by atoms with Crippen molar-refractivity contribution < 1.29 is 4.74 Å². The van der Waals surface area contributed by atoms with Gasteiger partial charge in [-0.2, -0.15) is 0 Å². The number of nitrogens with zero attached hydrogens (tertiary/aromatic N) is 1. The van der Waals surface area contributed by atoms with Crippen LogP contribution in [0, 0.1) is 12.8 Å². The summed E-state index contributed by atoms with van der Waals surface area (Å²) in [4.78, 5) is 4.33. The second-order valence-corrected chi connectivity index (χ2v) is 4.56. The molecule has 1 aromatic rings. The minimum Gasteiger partial charge on any atom is -0.477 e. The van der Waals surface area contributed by atoms with Gasteiger partial charge in [-0.15, -0.1) is 11.6 Å². The van der Waals surface area contributed by atoms with Crippen LogP contribution >= 0.6 is 11.6 Å². The molecule has 1 aromatic heterocycles. The van der Waals surface area contributed by atoms with Crippen LogP contribution in [0.4, 0.5) is 0 Å². The third-order valence-electron chi connectivity index (χ3n) is 2.44. The normalized spacial score (nSPS) is 12.5. The fraction of sp³-hybridized carbons (Fsp3) is 0.615. The van der Waals surface area contributed by atoms with E-state index in [1.807, 2.05) is 19.1 Å². The van der Waals surface area contributed by atoms with Gasteiger partial charge in [-0.05, 0) is 30.9 Å². The van der Waals surface area contributed by atoms with Gasteiger partial charge in [0.15, 0.2) is 0 Å². The van der Waals surface area contributed by atoms with Gasteiger partial charge in [0.1, 0.15) is 0 Å². The van der Waals surface area contributed by atoms with Crippen LogP contribution in [-0.4, -0.2) is 11.6 Å². The Morgan fingerprint density at radius 1 is 1.44 bits per heavy atom. The highest BCUT2D eigenvalue weighted by molar-refractivity contribution is 6.17. The first-order valence-electron chi connectivity index (χ1n) is 5.82. The third kappa shape index (κ3) is 4.40. The molecule has 0 radical (unpaired) electrons. The van der Waals surface area contributed by atoms with E-state index in [1.54, 1.807) is 0 Å². The van der Waals surface area contributed by atoms with E-state index in [1.165, 1.54) is 12.8 Å². The van der Waals surface area contributed by atoms with Crippen LogP contribution in [-0.2, 0) is 5.88 Å². The molecule has 0 fully saturated rings. The summed E-state index contributed by atoms with van der Waals surface area (Å²) >= 11 is 5.80. The Kier molecular flexibility index (Phi) is 5.61. The fourth-order valence-corrected chi connectivity index (χ4v) is 1.82. The standard InChI is InChI=1S/C13H20ClNO/c1-4-5-10(2)9-16-13-7-12(8-14)6-11(3)15-13/h6-7,10H,4-5,8-9H2,1-3H3. The second kappa shape index (κ2) is 6.74. The molecule has 16 heavy (non-hydrogen) atoms. The number of alkyl halides is 1. The molecule has 90 valence electrons. The zero-order chi connectivity index (χ0) is 12.0. The Morgan fingerprint density at radius 2 is 2.19 bits per heavy atom. The maximum absolute atomic E-state index is 5.80. The summed E-state index contributed by atoms with van der Waals surface area (Å²) in [5.74, 6) is 1.77. The lowest BCUT2D eigenvalue weighted by Gasteiger charge is -2.12. The van der Waals surface area contributed by atoms with E-state index in [4.69, 9.17) is 16.3 Å². The molecule has 3 heteroatoms. The monoisotopic (exact) mass is 241 g/mol. The molecular weight excluding hydrogens is 222 g/mol. The molecular formula is C13H20ClNO. The van der Waals surface area contributed by atoms with Gasteiger partial charge in [0.2, 0.25) is 5.88 Å². The Hall–Kier alpha value is -0.760. The topological polar surface area (TPSA) is 22.1 Å². The molecule has 0 saturated carbocycles. The van der Waals surface area contributed by atoms with Crippen molar-refractivity contribution in [1.29, 1.82) is 0 Å². The molecule has 1 atom stereocenters. The quantitative estimate of drug-likeness (QED) is 0.704. The molecule has 0 bridgehead atoms. The highest BCUT2D eigenvalue weighted by atomic mass is 35.5. The molecule has 0 amide bonds. The van der Waals surface area contributed by atoms with Gasteiger partial charge in [0, 0.05) is 17.6 Å². The minimum absolute atomic E-state index is 0.504. The lowest BCUT2D eigenvalue weighted by Crippen LogP contribution is -2.09. The molecule has 0 aliphatic rings. The van der Waals surface area contributed by atoms with Gasteiger partial charge in [-0.1, -0.05) is 20.3 Å². The summed E-state index contributed by atoms with van der Waals surface area (Å²) in [6, 6.07) is 3.90. The first-order valence-corrected chi connectivity index (χ1v) is 6.35. The maximum Gasteiger partial charge on any atom is 0.213 e. The van der Waals surface area contributed by atoms with Crippen molar-refractivity contribution in [3.05, 3.63) is 23.4 Å². The molecule has 0 N–H and O–H groups in total. The Bertz CT molecular complexity index is 328. The van der Waals surface area contributed by atoms with Gasteiger partial charge in [-0.3, -0.25) is 0 Å². The summed E-state index contributed by atoms with van der Waals surface area (Å²) < 4.78 is 5.67. The minimum atomic E-state index is 0.504. The first-order chi connectivity index (χ1) is 7.65. The molecule has 1 rings (SSSR count). The Morgan fingerprint density at radius 3 is 2.81 bits per heavy atom. The molecule has 0 saturated heterocycles. The number of hydrogen-bond acceptors (Lipinski definition) is 2. The summed E-state index contributed by atoms with van der Waals surface area (Å²) in [6.45, 7) is 7.07. The summed E-state index contributed by atoms with van der Waals surface area (Å²) in [5.41, 5.74) is 2.02. The van der Waals surface area contributed by atoms with E-state index in [9.17, 15) is 0 Å². The lowest BCUT2D eigenvalue weighted by atomic mass is 10.1. The zero-order valence-electron chi connectivity index (χ0n) is 10.3. The van der Waals surface area contributed by atoms with Gasteiger partial charge in [-0.25, -0.2) is 4.98 Å². The number of ether oxygens (including phenoxy) is 1. The van der Waals surface area contributed by atoms with Crippen molar-refractivity contribution in [2.24, 2.45) is 5.92 Å². The molecule has 0 spiro atoms. The summed E-state index contributed by atoms with van der Waals surface area (Å²) in [5, 5.41) is 0. The molecule has 1 heterocycles. The number of aromatic nitrogens is 1. The number of rotatable bonds is 6. The van der Waals surface area contributed by atoms with Crippen LogP contribution in [0.25, 0.3) is 0 Å². The van der Waals surface area contributed by atoms with Crippen molar-refractivity contribution in [2.45, 2.75) is 39.5 Å². The van der Waals surface area contributed by atoms with E-state index >= 15 is 0 Å². The first kappa shape index (κ1) is 13.3. The number of pyridine rings is 1. The zero-order valence-corrected chi connectivity index (χ0v) is 11.0. The average molecular weight is 242 g/mol. The SMILES string of the molecule is CCCC(C)COc1cc(CCl)cc(C)n1. The van der Waals surface area contributed by atoms with Crippen molar-refractivity contribution in [2.75, 3.05) is 6.61 Å². The van der Waals surface area contributed by atoms with E-state index in [0.717, 1.165) is 17.9 Å². The third-order valence-corrected chi connectivity index (χ3v) is 2.75. The van der Waals surface area contributed by atoms with E-state index in [2.05, 4.69) is 18.8 Å². The Balaban J connectivity index is 2.56. The van der Waals surface area contributed by atoms with Crippen molar-refractivity contribution in [3.63, 3.8) is 0 Å². The van der Waals surface area contributed by atoms with Gasteiger partial charge in [0.25, 0.3) is 0 Å². The largest absolute Gasteiger partial charge is 0.477 e. The average Bonchev–Trinajstić information content (AvgIpc) is 2.26. The van der Waals surface area contributed by atoms with Crippen LogP contribution in [0.2, 0.25) is 0 Å². The molecule has 0 aliphatic heterocycles. The van der Waals surface area contributed by atoms with Gasteiger partial charge >= 0.3 is 0 Å². The highest BCUT2D eigenvalue weighted by Gasteiger charge is 2.04. The Labute approximate surface area is 103 Å². The molecule has 1 unspecified atom stereocenters. The van der Waals surface area contributed by atoms with Crippen molar-refractivity contribution in [1.82, 2.24) is 4.98 Å². The number of hydrogen-bond donors (Lipinski definition) is 0. The lowest BCUT2D eigenvalue weighted by molar-refractivity contribution is 0.242. The number of aryl methyl sites for hydroxylation is 1. The van der Waals surface area contributed by atoms with E-state index in [0.29, 0.717) is 17.7 Å². The summed E-state index contributed by atoms with van der Waals surface area (Å²) in [6.07, 6.45) is 2.38. The van der Waals surface area contributed by atoms with Crippen LogP contribution < -0.4 is 4.74 Å². The van der Waals surface area contributed by atoms with Crippen LogP contribution in [0.15, 0.2) is 12.1 Å². The smallest absolute Gasteiger partial charge is 0.213 e. The predicted molar refractivity (Wildman–Crippen MR) is 68.1 cm³/mol. The van der Waals surface area contributed by atoms with Gasteiger partial charge in [0.05, 0.1) is 6.61 Å². The van der Waals surface area contributed by atoms with E-state index in [-0.39, 0.29) is 0 Å². The van der Waals surface area contributed by atoms with Crippen LogP contribution in [0.3, 0.4) is 0 Å². The van der Waals surface area contributed by atoms with Crippen LogP contribution in [0.5, 0.6) is 5.88 Å². The predicted octanol–water partition coefficient (Wildman–Crippen LogP) is 3.94. The van der Waals surface area contributed by atoms with Crippen molar-refractivity contribution >= 4 is 11.6 Å².